The van der Waals surface area contributed by atoms with E-state index < -0.39 is 27.8 Å². The van der Waals surface area contributed by atoms with Crippen LogP contribution in [0.3, 0.4) is 0 Å². The normalized spacial score (nSPS) is 30.8. The van der Waals surface area contributed by atoms with Crippen LogP contribution < -0.4 is 0 Å². The molecule has 3 aliphatic rings. The molecule has 10 heteroatoms. The number of piperazine rings is 1. The van der Waals surface area contributed by atoms with Gasteiger partial charge >= 0.3 is 5.97 Å². The third kappa shape index (κ3) is 3.20. The van der Waals surface area contributed by atoms with Crippen molar-refractivity contribution in [1.29, 1.82) is 0 Å². The predicted molar refractivity (Wildman–Crippen MR) is 100 cm³/mol. The summed E-state index contributed by atoms with van der Waals surface area (Å²) in [7, 11) is -3.62. The number of nitrogens with zero attached hydrogens (tertiary/aromatic N) is 2. The second-order valence-electron chi connectivity index (χ2n) is 7.13. The minimum Gasteiger partial charge on any atom is -0.481 e. The number of allylic oxidation sites excluding steroid dienone is 2. The summed E-state index contributed by atoms with van der Waals surface area (Å²) >= 11 is 6.85. The van der Waals surface area contributed by atoms with Crippen LogP contribution in [0.15, 0.2) is 28.5 Å². The molecule has 2 bridgehead atoms. The largest absolute Gasteiger partial charge is 0.481 e. The van der Waals surface area contributed by atoms with E-state index in [2.05, 4.69) is 0 Å². The fraction of sp³-hybridized carbons (Fsp3) is 0.529. The number of fused-ring (bicyclic) bond motifs is 2. The lowest BCUT2D eigenvalue weighted by molar-refractivity contribution is -0.151. The van der Waals surface area contributed by atoms with E-state index in [9.17, 15) is 23.1 Å². The lowest BCUT2D eigenvalue weighted by atomic mass is 9.82. The standard InChI is InChI=1S/C17H19ClN2O5S2/c18-12-3-4-13(26-12)27(24,25)20-7-5-19(6-8-20)16(21)14-10-1-2-11(9-10)15(14)17(22)23/h1-4,10-11,14-15H,5-9H2,(H,22,23)/t10-,11+,14+,15+/m1/s1. The molecule has 4 atom stereocenters. The van der Waals surface area contributed by atoms with Crippen molar-refractivity contribution in [3.63, 3.8) is 0 Å². The maximum atomic E-state index is 13.0. The van der Waals surface area contributed by atoms with Crippen molar-refractivity contribution in [1.82, 2.24) is 9.21 Å². The summed E-state index contributed by atoms with van der Waals surface area (Å²) in [6.45, 7) is 0.915. The summed E-state index contributed by atoms with van der Waals surface area (Å²) in [4.78, 5) is 26.2. The highest BCUT2D eigenvalue weighted by molar-refractivity contribution is 7.91. The van der Waals surface area contributed by atoms with E-state index in [4.69, 9.17) is 11.6 Å². The predicted octanol–water partition coefficient (Wildman–Crippen LogP) is 1.76. The van der Waals surface area contributed by atoms with Crippen LogP contribution in [0.4, 0.5) is 0 Å². The molecule has 0 radical (unpaired) electrons. The lowest BCUT2D eigenvalue weighted by Gasteiger charge is -2.37. The van der Waals surface area contributed by atoms with Crippen LogP contribution in [0.2, 0.25) is 4.34 Å². The highest BCUT2D eigenvalue weighted by Gasteiger charge is 2.52. The number of carbonyl (C=O) groups is 2. The number of aliphatic carboxylic acids is 1. The Labute approximate surface area is 166 Å². The van der Waals surface area contributed by atoms with Crippen LogP contribution in [0.1, 0.15) is 6.42 Å². The second-order valence-corrected chi connectivity index (χ2v) is 11.0. The van der Waals surface area contributed by atoms with E-state index in [-0.39, 0.29) is 48.1 Å². The Balaban J connectivity index is 1.44. The van der Waals surface area contributed by atoms with Gasteiger partial charge < -0.3 is 10.0 Å². The SMILES string of the molecule is O=C(O)[C@@H]1[C@@H](C(=O)N2CCN(S(=O)(=O)c3ccc(Cl)s3)CC2)[C@@H]2C=C[C@H]1C2. The zero-order chi connectivity index (χ0) is 19.3. The number of thiophene rings is 1. The van der Waals surface area contributed by atoms with Crippen molar-refractivity contribution < 1.29 is 23.1 Å². The number of rotatable bonds is 4. The van der Waals surface area contributed by atoms with Gasteiger partial charge in [-0.3, -0.25) is 9.59 Å². The monoisotopic (exact) mass is 430 g/mol. The molecular weight excluding hydrogens is 412 g/mol. The zero-order valence-electron chi connectivity index (χ0n) is 14.3. The first kappa shape index (κ1) is 18.9. The average Bonchev–Trinajstić information content (AvgIpc) is 3.36. The van der Waals surface area contributed by atoms with Gasteiger partial charge in [-0.05, 0) is 30.4 Å². The van der Waals surface area contributed by atoms with Gasteiger partial charge in [0, 0.05) is 26.2 Å². The smallest absolute Gasteiger partial charge is 0.307 e. The number of carbonyl (C=O) groups excluding carboxylic acids is 1. The van der Waals surface area contributed by atoms with Crippen LogP contribution >= 0.6 is 22.9 Å². The quantitative estimate of drug-likeness (QED) is 0.734. The fourth-order valence-corrected chi connectivity index (χ4v) is 7.48. The van der Waals surface area contributed by atoms with Crippen molar-refractivity contribution in [2.75, 3.05) is 26.2 Å². The van der Waals surface area contributed by atoms with Crippen LogP contribution in [0.25, 0.3) is 0 Å². The highest BCUT2D eigenvalue weighted by atomic mass is 35.5. The molecular formula is C17H19ClN2O5S2. The summed E-state index contributed by atoms with van der Waals surface area (Å²) in [5.74, 6) is -2.43. The van der Waals surface area contributed by atoms with Gasteiger partial charge in [0.15, 0.2) is 0 Å². The fourth-order valence-electron chi connectivity index (χ4n) is 4.42. The minimum atomic E-state index is -3.62. The number of sulfonamides is 1. The summed E-state index contributed by atoms with van der Waals surface area (Å²) < 4.78 is 27.3. The van der Waals surface area contributed by atoms with Gasteiger partial charge in [0.1, 0.15) is 4.21 Å². The third-order valence-corrected chi connectivity index (χ3v) is 9.32. The first-order valence-electron chi connectivity index (χ1n) is 8.74. The first-order chi connectivity index (χ1) is 12.8. The zero-order valence-corrected chi connectivity index (χ0v) is 16.7. The van der Waals surface area contributed by atoms with E-state index in [1.807, 2.05) is 12.2 Å². The molecule has 7 nitrogen and oxygen atoms in total. The van der Waals surface area contributed by atoms with Crippen molar-refractivity contribution in [2.24, 2.45) is 23.7 Å². The van der Waals surface area contributed by atoms with Gasteiger partial charge in [0.25, 0.3) is 10.0 Å². The second kappa shape index (κ2) is 6.88. The molecule has 2 fully saturated rings. The van der Waals surface area contributed by atoms with Crippen LogP contribution in [-0.4, -0.2) is 60.8 Å². The van der Waals surface area contributed by atoms with E-state index in [0.29, 0.717) is 10.8 Å². The molecule has 146 valence electrons. The first-order valence-corrected chi connectivity index (χ1v) is 11.4. The summed E-state index contributed by atoms with van der Waals surface area (Å²) in [6, 6.07) is 3.03. The molecule has 27 heavy (non-hydrogen) atoms. The molecule has 1 saturated carbocycles. The Morgan fingerprint density at radius 3 is 2.26 bits per heavy atom. The number of amides is 1. The molecule has 0 aromatic carbocycles. The molecule has 2 heterocycles. The number of hydrogen-bond donors (Lipinski definition) is 1. The van der Waals surface area contributed by atoms with Gasteiger partial charge in [-0.2, -0.15) is 4.31 Å². The van der Waals surface area contributed by atoms with Crippen molar-refractivity contribution >= 4 is 44.8 Å². The molecule has 1 aliphatic heterocycles. The topological polar surface area (TPSA) is 95.0 Å². The third-order valence-electron chi connectivity index (χ3n) is 5.72. The Bertz CT molecular complexity index is 904. The van der Waals surface area contributed by atoms with Gasteiger partial charge in [-0.15, -0.1) is 11.3 Å². The highest BCUT2D eigenvalue weighted by Crippen LogP contribution is 2.48. The van der Waals surface area contributed by atoms with Crippen molar-refractivity contribution in [2.45, 2.75) is 10.6 Å². The summed E-state index contributed by atoms with van der Waals surface area (Å²) in [6.07, 6.45) is 4.57. The van der Waals surface area contributed by atoms with Gasteiger partial charge in [-0.25, -0.2) is 8.42 Å². The molecule has 1 aromatic rings. The Hall–Kier alpha value is -1.42. The minimum absolute atomic E-state index is 0.0291. The molecule has 1 amide bonds. The lowest BCUT2D eigenvalue weighted by Crippen LogP contribution is -2.53. The summed E-state index contributed by atoms with van der Waals surface area (Å²) in [5.41, 5.74) is 0. The number of carboxylic acids is 1. The summed E-state index contributed by atoms with van der Waals surface area (Å²) in [5, 5.41) is 9.53. The Morgan fingerprint density at radius 2 is 1.70 bits per heavy atom. The van der Waals surface area contributed by atoms with E-state index in [1.54, 1.807) is 11.0 Å². The van der Waals surface area contributed by atoms with Crippen molar-refractivity contribution in [3.05, 3.63) is 28.6 Å². The maximum absolute atomic E-state index is 13.0. The molecule has 0 spiro atoms. The van der Waals surface area contributed by atoms with Crippen LogP contribution in [-0.2, 0) is 19.6 Å². The molecule has 0 unspecified atom stereocenters. The van der Waals surface area contributed by atoms with E-state index in [1.165, 1.54) is 10.4 Å². The molecule has 2 aliphatic carbocycles. The van der Waals surface area contributed by atoms with Crippen molar-refractivity contribution in [3.8, 4) is 0 Å². The number of halogens is 1. The molecule has 4 rings (SSSR count). The maximum Gasteiger partial charge on any atom is 0.307 e. The van der Waals surface area contributed by atoms with Gasteiger partial charge in [-0.1, -0.05) is 23.8 Å². The van der Waals surface area contributed by atoms with E-state index >= 15 is 0 Å². The Morgan fingerprint density at radius 1 is 1.07 bits per heavy atom. The Kier molecular flexibility index (Phi) is 4.82. The van der Waals surface area contributed by atoms with Gasteiger partial charge in [0.05, 0.1) is 16.2 Å². The molecule has 1 aromatic heterocycles. The van der Waals surface area contributed by atoms with Crippen LogP contribution in [0.5, 0.6) is 0 Å². The average molecular weight is 431 g/mol. The van der Waals surface area contributed by atoms with E-state index in [0.717, 1.165) is 11.3 Å². The number of carboxylic acid groups (broad SMARTS) is 1. The van der Waals surface area contributed by atoms with Gasteiger partial charge in [0.2, 0.25) is 5.91 Å². The molecule has 1 saturated heterocycles. The number of hydrogen-bond acceptors (Lipinski definition) is 5. The van der Waals surface area contributed by atoms with Crippen LogP contribution in [0, 0.1) is 23.7 Å². The molecule has 1 N–H and O–H groups in total.